The molecule has 0 saturated carbocycles. The Hall–Kier alpha value is -3.18. The van der Waals surface area contributed by atoms with Gasteiger partial charge in [0.15, 0.2) is 11.6 Å². The van der Waals surface area contributed by atoms with Gasteiger partial charge < -0.3 is 0 Å². The number of benzene rings is 3. The predicted octanol–water partition coefficient (Wildman–Crippen LogP) is 3.26. The first-order chi connectivity index (χ1) is 14.8. The fourth-order valence-electron chi connectivity index (χ4n) is 3.18. The molecule has 0 saturated heterocycles. The highest BCUT2D eigenvalue weighted by Crippen LogP contribution is 2.24. The average Bonchev–Trinajstić information content (AvgIpc) is 2.71. The summed E-state index contributed by atoms with van der Waals surface area (Å²) in [6.45, 7) is 3.31. The molecule has 3 rings (SSSR count). The van der Waals surface area contributed by atoms with Gasteiger partial charge in [-0.15, -0.1) is 0 Å². The number of carbonyl (C=O) groups excluding carboxylic acids is 2. The second kappa shape index (κ2) is 8.40. The van der Waals surface area contributed by atoms with Gasteiger partial charge in [-0.3, -0.25) is 18.7 Å². The summed E-state index contributed by atoms with van der Waals surface area (Å²) >= 11 is 0. The van der Waals surface area contributed by atoms with Crippen molar-refractivity contribution < 1.29 is 35.5 Å². The van der Waals surface area contributed by atoms with E-state index in [0.717, 1.165) is 12.1 Å². The Kier molecular flexibility index (Phi) is 6.16. The molecule has 10 heteroatoms. The van der Waals surface area contributed by atoms with Crippen LogP contribution in [-0.2, 0) is 20.2 Å². The maximum Gasteiger partial charge on any atom is 0.295 e. The molecule has 0 aromatic heterocycles. The van der Waals surface area contributed by atoms with Crippen molar-refractivity contribution in [3.05, 3.63) is 94.0 Å². The molecule has 0 radical (unpaired) electrons. The molecule has 0 atom stereocenters. The van der Waals surface area contributed by atoms with Crippen molar-refractivity contribution in [3.8, 4) is 0 Å². The second-order valence-corrected chi connectivity index (χ2v) is 9.96. The lowest BCUT2D eigenvalue weighted by Crippen LogP contribution is -2.12. The first-order valence-corrected chi connectivity index (χ1v) is 12.0. The van der Waals surface area contributed by atoms with E-state index in [4.69, 9.17) is 0 Å². The Balaban J connectivity index is 2.02. The maximum atomic E-state index is 12.9. The summed E-state index contributed by atoms with van der Waals surface area (Å²) in [6.07, 6.45) is 0. The second-order valence-electron chi connectivity index (χ2n) is 7.18. The van der Waals surface area contributed by atoms with Crippen molar-refractivity contribution in [2.24, 2.45) is 0 Å². The van der Waals surface area contributed by atoms with Crippen LogP contribution in [0, 0.1) is 13.8 Å². The molecule has 32 heavy (non-hydrogen) atoms. The third-order valence-corrected chi connectivity index (χ3v) is 6.55. The molecule has 0 aliphatic heterocycles. The van der Waals surface area contributed by atoms with Gasteiger partial charge in [-0.25, -0.2) is 0 Å². The van der Waals surface area contributed by atoms with Crippen molar-refractivity contribution in [1.82, 2.24) is 0 Å². The van der Waals surface area contributed by atoms with E-state index in [1.54, 1.807) is 13.8 Å². The third kappa shape index (κ3) is 4.83. The summed E-state index contributed by atoms with van der Waals surface area (Å²) in [5.74, 6) is -1.37. The van der Waals surface area contributed by atoms with E-state index in [-0.39, 0.29) is 22.3 Å². The number of carbonyl (C=O) groups is 2. The molecule has 8 nitrogen and oxygen atoms in total. The van der Waals surface area contributed by atoms with Gasteiger partial charge in [0.25, 0.3) is 20.2 Å². The van der Waals surface area contributed by atoms with Crippen LogP contribution < -0.4 is 0 Å². The Morgan fingerprint density at radius 3 is 1.19 bits per heavy atom. The fraction of sp³-hybridized carbons (Fsp3) is 0.0909. The molecule has 0 heterocycles. The Bertz CT molecular complexity index is 1340. The van der Waals surface area contributed by atoms with Gasteiger partial charge in [-0.2, -0.15) is 16.8 Å². The quantitative estimate of drug-likeness (QED) is 0.409. The molecule has 0 amide bonds. The molecule has 0 aliphatic rings. The lowest BCUT2D eigenvalue weighted by molar-refractivity contribution is 0.102. The zero-order chi connectivity index (χ0) is 23.8. The zero-order valence-electron chi connectivity index (χ0n) is 16.9. The van der Waals surface area contributed by atoms with Crippen LogP contribution in [0.2, 0.25) is 0 Å². The Morgan fingerprint density at radius 1 is 0.594 bits per heavy atom. The van der Waals surface area contributed by atoms with E-state index in [0.29, 0.717) is 11.1 Å². The average molecular weight is 475 g/mol. The fourth-order valence-corrected chi connectivity index (χ4v) is 4.52. The van der Waals surface area contributed by atoms with E-state index in [1.807, 2.05) is 0 Å². The minimum Gasteiger partial charge on any atom is -0.289 e. The van der Waals surface area contributed by atoms with Crippen LogP contribution in [0.5, 0.6) is 0 Å². The topological polar surface area (TPSA) is 143 Å². The largest absolute Gasteiger partial charge is 0.295 e. The van der Waals surface area contributed by atoms with Crippen molar-refractivity contribution in [1.29, 1.82) is 0 Å². The first-order valence-electron chi connectivity index (χ1n) is 9.15. The summed E-state index contributed by atoms with van der Waals surface area (Å²) in [7, 11) is -9.28. The molecule has 0 bridgehead atoms. The highest BCUT2D eigenvalue weighted by molar-refractivity contribution is 7.86. The summed E-state index contributed by atoms with van der Waals surface area (Å²) < 4.78 is 65.4. The summed E-state index contributed by atoms with van der Waals surface area (Å²) in [6, 6.07) is 12.9. The van der Waals surface area contributed by atoms with Gasteiger partial charge >= 0.3 is 0 Å². The summed E-state index contributed by atoms with van der Waals surface area (Å²) in [5, 5.41) is 0. The SMILES string of the molecule is Cc1ccc(S(=O)(=O)O)c(C(=O)c2ccc(C(=O)c3cc(C)ccc3S(=O)(=O)O)cc2)c1. The molecular weight excluding hydrogens is 456 g/mol. The molecule has 2 N–H and O–H groups in total. The lowest BCUT2D eigenvalue weighted by Gasteiger charge is -2.10. The zero-order valence-corrected chi connectivity index (χ0v) is 18.6. The molecule has 166 valence electrons. The molecule has 0 unspecified atom stereocenters. The minimum atomic E-state index is -4.64. The van der Waals surface area contributed by atoms with Crippen LogP contribution >= 0.6 is 0 Å². The minimum absolute atomic E-state index is 0.0521. The molecular formula is C22H18O8S2. The van der Waals surface area contributed by atoms with Gasteiger partial charge in [-0.1, -0.05) is 47.5 Å². The van der Waals surface area contributed by atoms with Crippen LogP contribution in [0.4, 0.5) is 0 Å². The van der Waals surface area contributed by atoms with E-state index in [1.165, 1.54) is 48.5 Å². The van der Waals surface area contributed by atoms with Crippen molar-refractivity contribution in [3.63, 3.8) is 0 Å². The normalized spacial score (nSPS) is 11.9. The van der Waals surface area contributed by atoms with Crippen molar-refractivity contribution >= 4 is 31.8 Å². The van der Waals surface area contributed by atoms with Crippen LogP contribution in [0.15, 0.2) is 70.5 Å². The van der Waals surface area contributed by atoms with E-state index >= 15 is 0 Å². The van der Waals surface area contributed by atoms with Crippen molar-refractivity contribution in [2.45, 2.75) is 23.6 Å². The number of rotatable bonds is 6. The van der Waals surface area contributed by atoms with E-state index < -0.39 is 41.6 Å². The van der Waals surface area contributed by atoms with E-state index in [9.17, 15) is 35.5 Å². The Morgan fingerprint density at radius 2 is 0.906 bits per heavy atom. The third-order valence-electron chi connectivity index (χ3n) is 4.72. The van der Waals surface area contributed by atoms with E-state index in [2.05, 4.69) is 0 Å². The molecule has 0 aliphatic carbocycles. The van der Waals surface area contributed by atoms with Crippen LogP contribution in [0.25, 0.3) is 0 Å². The van der Waals surface area contributed by atoms with Gasteiger partial charge in [0.1, 0.15) is 9.79 Å². The van der Waals surface area contributed by atoms with Crippen LogP contribution in [0.1, 0.15) is 43.0 Å². The van der Waals surface area contributed by atoms with Gasteiger partial charge in [-0.05, 0) is 38.1 Å². The molecule has 3 aromatic carbocycles. The number of aryl methyl sites for hydroxylation is 2. The monoisotopic (exact) mass is 474 g/mol. The van der Waals surface area contributed by atoms with Gasteiger partial charge in [0.05, 0.1) is 0 Å². The standard InChI is InChI=1S/C22H18O8S2/c1-13-3-9-19(31(25,26)27)17(11-13)21(23)15-5-7-16(8-6-15)22(24)18-12-14(2)4-10-20(18)32(28,29)30/h3-12H,1-2H3,(H,25,26,27)(H,28,29,30). The summed E-state index contributed by atoms with van der Waals surface area (Å²) in [5.41, 5.74) is 0.861. The molecule has 0 fully saturated rings. The van der Waals surface area contributed by atoms with Gasteiger partial charge in [0, 0.05) is 22.3 Å². The number of hydrogen-bond acceptors (Lipinski definition) is 6. The summed E-state index contributed by atoms with van der Waals surface area (Å²) in [4.78, 5) is 24.7. The molecule has 0 spiro atoms. The Labute approximate surface area is 185 Å². The van der Waals surface area contributed by atoms with Crippen LogP contribution in [-0.4, -0.2) is 37.5 Å². The lowest BCUT2D eigenvalue weighted by atomic mass is 9.97. The van der Waals surface area contributed by atoms with Crippen molar-refractivity contribution in [2.75, 3.05) is 0 Å². The first kappa shape index (κ1) is 23.5. The number of hydrogen-bond donors (Lipinski definition) is 2. The number of ketones is 2. The van der Waals surface area contributed by atoms with Crippen LogP contribution in [0.3, 0.4) is 0 Å². The predicted molar refractivity (Wildman–Crippen MR) is 115 cm³/mol. The highest BCUT2D eigenvalue weighted by Gasteiger charge is 2.24. The highest BCUT2D eigenvalue weighted by atomic mass is 32.2. The maximum absolute atomic E-state index is 12.9. The smallest absolute Gasteiger partial charge is 0.289 e. The molecule has 3 aromatic rings. The van der Waals surface area contributed by atoms with Gasteiger partial charge in [0.2, 0.25) is 0 Å².